The van der Waals surface area contributed by atoms with E-state index in [9.17, 15) is 13.2 Å². The number of hydrogen-bond acceptors (Lipinski definition) is 5. The van der Waals surface area contributed by atoms with Gasteiger partial charge in [-0.05, 0) is 62.1 Å². The Morgan fingerprint density at radius 3 is 2.50 bits per heavy atom. The average Bonchev–Trinajstić information content (AvgIpc) is 2.75. The van der Waals surface area contributed by atoms with Crippen molar-refractivity contribution in [1.82, 2.24) is 9.21 Å². The number of methoxy groups -OCH3 is 1. The van der Waals surface area contributed by atoms with Crippen molar-refractivity contribution in [3.05, 3.63) is 34.9 Å². The number of carbonyl (C=O) groups is 1. The SMILES string of the molecule is COC(CCCC1CCN(C(=O)OC(C)C)CC1)c1ccc2c(c1)CCN(S(C)(=O)=O)C2. The number of amides is 1. The van der Waals surface area contributed by atoms with Crippen LogP contribution in [0, 0.1) is 5.92 Å². The van der Waals surface area contributed by atoms with Gasteiger partial charge in [-0.25, -0.2) is 13.2 Å². The summed E-state index contributed by atoms with van der Waals surface area (Å²) in [5, 5.41) is 0. The first kappa shape index (κ1) is 25.0. The number of hydrogen-bond donors (Lipinski definition) is 0. The predicted octanol–water partition coefficient (Wildman–Crippen LogP) is 4.12. The van der Waals surface area contributed by atoms with Gasteiger partial charge in [-0.3, -0.25) is 0 Å². The third-order valence-electron chi connectivity index (χ3n) is 6.62. The van der Waals surface area contributed by atoms with E-state index in [2.05, 4.69) is 18.2 Å². The van der Waals surface area contributed by atoms with Crippen LogP contribution in [-0.4, -0.2) is 62.8 Å². The number of piperidine rings is 1. The lowest BCUT2D eigenvalue weighted by atomic mass is 9.89. The Morgan fingerprint density at radius 2 is 1.88 bits per heavy atom. The fourth-order valence-electron chi connectivity index (χ4n) is 4.72. The van der Waals surface area contributed by atoms with E-state index >= 15 is 0 Å². The molecule has 1 aromatic rings. The second-order valence-electron chi connectivity index (χ2n) is 9.39. The molecular formula is C24H38N2O5S. The van der Waals surface area contributed by atoms with Crippen LogP contribution in [0.1, 0.15) is 68.7 Å². The fraction of sp³-hybridized carbons (Fsp3) is 0.708. The van der Waals surface area contributed by atoms with Gasteiger partial charge in [0.15, 0.2) is 0 Å². The fourth-order valence-corrected chi connectivity index (χ4v) is 5.52. The molecule has 2 aliphatic rings. The van der Waals surface area contributed by atoms with E-state index in [4.69, 9.17) is 9.47 Å². The zero-order chi connectivity index (χ0) is 23.3. The summed E-state index contributed by atoms with van der Waals surface area (Å²) in [6.07, 6.45) is 7.04. The Morgan fingerprint density at radius 1 is 1.16 bits per heavy atom. The maximum atomic E-state index is 12.0. The van der Waals surface area contributed by atoms with Gasteiger partial charge in [0.25, 0.3) is 0 Å². The van der Waals surface area contributed by atoms with Crippen molar-refractivity contribution >= 4 is 16.1 Å². The van der Waals surface area contributed by atoms with Crippen LogP contribution >= 0.6 is 0 Å². The summed E-state index contributed by atoms with van der Waals surface area (Å²) in [6.45, 7) is 6.30. The minimum Gasteiger partial charge on any atom is -0.447 e. The molecule has 0 radical (unpaired) electrons. The van der Waals surface area contributed by atoms with E-state index < -0.39 is 10.0 Å². The van der Waals surface area contributed by atoms with Crippen molar-refractivity contribution in [2.45, 2.75) is 71.1 Å². The maximum Gasteiger partial charge on any atom is 0.410 e. The highest BCUT2D eigenvalue weighted by Gasteiger charge is 2.26. The van der Waals surface area contributed by atoms with Crippen molar-refractivity contribution in [2.75, 3.05) is 33.0 Å². The molecule has 180 valence electrons. The van der Waals surface area contributed by atoms with Gasteiger partial charge in [-0.15, -0.1) is 0 Å². The van der Waals surface area contributed by atoms with Crippen LogP contribution in [0.15, 0.2) is 18.2 Å². The van der Waals surface area contributed by atoms with Gasteiger partial charge in [0, 0.05) is 33.3 Å². The molecule has 0 aliphatic carbocycles. The van der Waals surface area contributed by atoms with Gasteiger partial charge >= 0.3 is 6.09 Å². The van der Waals surface area contributed by atoms with Crippen LogP contribution in [0.3, 0.4) is 0 Å². The van der Waals surface area contributed by atoms with Gasteiger partial charge in [0.05, 0.1) is 18.5 Å². The first-order valence-electron chi connectivity index (χ1n) is 11.7. The molecule has 1 amide bonds. The van der Waals surface area contributed by atoms with Crippen molar-refractivity contribution in [3.8, 4) is 0 Å². The second-order valence-corrected chi connectivity index (χ2v) is 11.4. The highest BCUT2D eigenvalue weighted by atomic mass is 32.2. The highest BCUT2D eigenvalue weighted by molar-refractivity contribution is 7.88. The van der Waals surface area contributed by atoms with Gasteiger partial charge in [-0.1, -0.05) is 31.0 Å². The van der Waals surface area contributed by atoms with E-state index in [0.717, 1.165) is 57.2 Å². The Balaban J connectivity index is 1.47. The molecule has 1 atom stereocenters. The summed E-state index contributed by atoms with van der Waals surface area (Å²) in [5.41, 5.74) is 3.48. The monoisotopic (exact) mass is 466 g/mol. The van der Waals surface area contributed by atoms with Crippen LogP contribution in [0.25, 0.3) is 0 Å². The lowest BCUT2D eigenvalue weighted by molar-refractivity contribution is 0.0632. The normalized spacial score (nSPS) is 19.1. The quantitative estimate of drug-likeness (QED) is 0.576. The summed E-state index contributed by atoms with van der Waals surface area (Å²) in [4.78, 5) is 13.9. The summed E-state index contributed by atoms with van der Waals surface area (Å²) in [7, 11) is -1.40. The Kier molecular flexibility index (Phi) is 8.58. The third kappa shape index (κ3) is 6.68. The number of carbonyl (C=O) groups excluding carboxylic acids is 1. The minimum atomic E-state index is -3.16. The number of sulfonamides is 1. The highest BCUT2D eigenvalue weighted by Crippen LogP contribution is 2.30. The molecule has 8 heteroatoms. The van der Waals surface area contributed by atoms with Crippen LogP contribution in [0.2, 0.25) is 0 Å². The topological polar surface area (TPSA) is 76.2 Å². The van der Waals surface area contributed by atoms with Crippen LogP contribution < -0.4 is 0 Å². The molecule has 0 aromatic heterocycles. The molecule has 1 saturated heterocycles. The lowest BCUT2D eigenvalue weighted by Gasteiger charge is -2.32. The maximum absolute atomic E-state index is 12.0. The minimum absolute atomic E-state index is 0.0503. The Bertz CT molecular complexity index is 878. The summed E-state index contributed by atoms with van der Waals surface area (Å²) >= 11 is 0. The first-order chi connectivity index (χ1) is 15.2. The molecule has 32 heavy (non-hydrogen) atoms. The summed E-state index contributed by atoms with van der Waals surface area (Å²) in [5.74, 6) is 0.640. The van der Waals surface area contributed by atoms with Gasteiger partial charge in [0.1, 0.15) is 0 Å². The van der Waals surface area contributed by atoms with Crippen molar-refractivity contribution in [1.29, 1.82) is 0 Å². The van der Waals surface area contributed by atoms with Crippen molar-refractivity contribution in [2.24, 2.45) is 5.92 Å². The third-order valence-corrected chi connectivity index (χ3v) is 7.87. The van der Waals surface area contributed by atoms with Crippen LogP contribution in [0.5, 0.6) is 0 Å². The van der Waals surface area contributed by atoms with Crippen molar-refractivity contribution in [3.63, 3.8) is 0 Å². The molecule has 0 saturated carbocycles. The first-order valence-corrected chi connectivity index (χ1v) is 13.6. The molecule has 7 nitrogen and oxygen atoms in total. The number of rotatable bonds is 8. The van der Waals surface area contributed by atoms with Gasteiger partial charge < -0.3 is 14.4 Å². The number of nitrogens with zero attached hydrogens (tertiary/aromatic N) is 2. The zero-order valence-corrected chi connectivity index (χ0v) is 20.7. The molecule has 0 bridgehead atoms. The molecular weight excluding hydrogens is 428 g/mol. The largest absolute Gasteiger partial charge is 0.447 e. The molecule has 1 unspecified atom stereocenters. The molecule has 1 aromatic carbocycles. The average molecular weight is 467 g/mol. The molecule has 2 aliphatic heterocycles. The number of benzene rings is 1. The lowest BCUT2D eigenvalue weighted by Crippen LogP contribution is -2.39. The molecule has 0 spiro atoms. The van der Waals surface area contributed by atoms with Crippen LogP contribution in [0.4, 0.5) is 4.79 Å². The molecule has 3 rings (SSSR count). The Labute approximate surface area is 193 Å². The van der Waals surface area contributed by atoms with E-state index in [1.165, 1.54) is 21.7 Å². The summed E-state index contributed by atoms with van der Waals surface area (Å²) in [6, 6.07) is 6.33. The number of ether oxygens (including phenoxy) is 2. The molecule has 0 N–H and O–H groups in total. The van der Waals surface area contributed by atoms with E-state index in [1.54, 1.807) is 7.11 Å². The molecule has 2 heterocycles. The van der Waals surface area contributed by atoms with Crippen molar-refractivity contribution < 1.29 is 22.7 Å². The van der Waals surface area contributed by atoms with E-state index in [1.807, 2.05) is 18.7 Å². The Hall–Kier alpha value is -1.64. The molecule has 1 fully saturated rings. The number of fused-ring (bicyclic) bond motifs is 1. The number of likely N-dealkylation sites (tertiary alicyclic amines) is 1. The second kappa shape index (κ2) is 11.0. The standard InChI is InChI=1S/C24H38N2O5S/c1-18(2)31-24(27)25-13-10-19(11-14-25)6-5-7-23(30-3)21-8-9-22-17-26(32(4,28)29)15-12-20(22)16-21/h8-9,16,18-19,23H,5-7,10-15,17H2,1-4H3. The van der Waals surface area contributed by atoms with E-state index in [-0.39, 0.29) is 18.3 Å². The smallest absolute Gasteiger partial charge is 0.410 e. The van der Waals surface area contributed by atoms with E-state index in [0.29, 0.717) is 19.0 Å². The predicted molar refractivity (Wildman–Crippen MR) is 125 cm³/mol. The van der Waals surface area contributed by atoms with Gasteiger partial charge in [-0.2, -0.15) is 4.31 Å². The zero-order valence-electron chi connectivity index (χ0n) is 19.9. The van der Waals surface area contributed by atoms with Crippen LogP contribution in [-0.2, 0) is 32.5 Å². The summed E-state index contributed by atoms with van der Waals surface area (Å²) < 4.78 is 36.3. The van der Waals surface area contributed by atoms with Gasteiger partial charge in [0.2, 0.25) is 10.0 Å².